The fourth-order valence-corrected chi connectivity index (χ4v) is 3.64. The molecule has 1 fully saturated rings. The molecule has 0 bridgehead atoms. The van der Waals surface area contributed by atoms with E-state index in [1.165, 1.54) is 30.6 Å². The molecule has 146 valence electrons. The van der Waals surface area contributed by atoms with E-state index in [1.807, 2.05) is 0 Å². The molecule has 5 rings (SSSR count). The molecule has 0 N–H and O–H groups in total. The highest BCUT2D eigenvalue weighted by molar-refractivity contribution is 5.97. The molecule has 3 heterocycles. The first-order valence-electron chi connectivity index (χ1n) is 9.31. The average Bonchev–Trinajstić information content (AvgIpc) is 3.19. The molecule has 0 aliphatic carbocycles. The monoisotopic (exact) mass is 393 g/mol. The minimum absolute atomic E-state index is 0.239. The number of nitrogens with zero attached hydrogens (tertiary/aromatic N) is 5. The number of hydrogen-bond acceptors (Lipinski definition) is 6. The zero-order chi connectivity index (χ0) is 19.8. The maximum Gasteiger partial charge on any atom is 0.263 e. The Balaban J connectivity index is 1.44. The van der Waals surface area contributed by atoms with Crippen molar-refractivity contribution in [2.45, 2.75) is 0 Å². The van der Waals surface area contributed by atoms with Gasteiger partial charge in [-0.25, -0.2) is 13.8 Å². The van der Waals surface area contributed by atoms with Gasteiger partial charge in [-0.05, 0) is 48.5 Å². The van der Waals surface area contributed by atoms with Gasteiger partial charge in [0.25, 0.3) is 5.71 Å². The molecule has 0 radical (unpaired) electrons. The van der Waals surface area contributed by atoms with Gasteiger partial charge in [0.15, 0.2) is 0 Å². The van der Waals surface area contributed by atoms with Crippen LogP contribution in [0.4, 0.5) is 20.3 Å². The molecule has 1 aliphatic heterocycles. The van der Waals surface area contributed by atoms with Crippen LogP contribution in [-0.4, -0.2) is 41.3 Å². The van der Waals surface area contributed by atoms with E-state index >= 15 is 0 Å². The maximum absolute atomic E-state index is 13.3. The number of aromatic nitrogens is 3. The van der Waals surface area contributed by atoms with E-state index in [0.717, 1.165) is 43.2 Å². The molecule has 1 saturated heterocycles. The summed E-state index contributed by atoms with van der Waals surface area (Å²) in [6.45, 7) is 3.01. The first kappa shape index (κ1) is 17.5. The average molecular weight is 393 g/mol. The van der Waals surface area contributed by atoms with Gasteiger partial charge in [0, 0.05) is 37.4 Å². The molecule has 0 saturated carbocycles. The van der Waals surface area contributed by atoms with Crippen LogP contribution in [0, 0.1) is 11.6 Å². The summed E-state index contributed by atoms with van der Waals surface area (Å²) in [7, 11) is 0. The molecule has 0 spiro atoms. The Morgan fingerprint density at radius 1 is 0.759 bits per heavy atom. The van der Waals surface area contributed by atoms with Crippen molar-refractivity contribution in [3.05, 3.63) is 66.5 Å². The van der Waals surface area contributed by atoms with Crippen molar-refractivity contribution in [1.82, 2.24) is 15.1 Å². The zero-order valence-corrected chi connectivity index (χ0v) is 15.4. The smallest absolute Gasteiger partial charge is 0.263 e. The summed E-state index contributed by atoms with van der Waals surface area (Å²) in [5.74, 6) is 0.195. The van der Waals surface area contributed by atoms with Gasteiger partial charge >= 0.3 is 0 Å². The first-order valence-corrected chi connectivity index (χ1v) is 9.31. The van der Waals surface area contributed by atoms with Crippen LogP contribution in [0.25, 0.3) is 22.4 Å². The van der Waals surface area contributed by atoms with Gasteiger partial charge in [0.2, 0.25) is 0 Å². The van der Waals surface area contributed by atoms with Crippen LogP contribution in [0.5, 0.6) is 0 Å². The number of benzene rings is 2. The minimum Gasteiger partial charge on any atom is -0.368 e. The zero-order valence-electron chi connectivity index (χ0n) is 15.4. The van der Waals surface area contributed by atoms with E-state index < -0.39 is 0 Å². The van der Waals surface area contributed by atoms with Crippen LogP contribution >= 0.6 is 0 Å². The SMILES string of the molecule is Fc1ccc(-c2noc3ncnc(N4CCN(c5ccc(F)cc5)CC4)c23)cc1. The highest BCUT2D eigenvalue weighted by atomic mass is 19.1. The standard InChI is InChI=1S/C21H17F2N5O/c22-15-3-1-14(2-4-15)19-18-20(24-13-25-21(18)29-26-19)28-11-9-27(10-12-28)17-7-5-16(23)6-8-17/h1-8,13H,9-12H2. The van der Waals surface area contributed by atoms with Crippen LogP contribution < -0.4 is 9.80 Å². The number of piperazine rings is 1. The third-order valence-corrected chi connectivity index (χ3v) is 5.14. The Bertz CT molecular complexity index is 1140. The van der Waals surface area contributed by atoms with E-state index in [4.69, 9.17) is 4.52 Å². The molecule has 4 aromatic rings. The van der Waals surface area contributed by atoms with Gasteiger partial charge in [-0.15, -0.1) is 0 Å². The summed E-state index contributed by atoms with van der Waals surface area (Å²) in [4.78, 5) is 13.0. The number of hydrogen-bond donors (Lipinski definition) is 0. The molecular formula is C21H17F2N5O. The predicted molar refractivity (Wildman–Crippen MR) is 106 cm³/mol. The second-order valence-corrected chi connectivity index (χ2v) is 6.87. The fourth-order valence-electron chi connectivity index (χ4n) is 3.64. The molecule has 2 aromatic heterocycles. The lowest BCUT2D eigenvalue weighted by Crippen LogP contribution is -2.46. The quantitative estimate of drug-likeness (QED) is 0.526. The largest absolute Gasteiger partial charge is 0.368 e. The van der Waals surface area contributed by atoms with Crippen LogP contribution in [-0.2, 0) is 0 Å². The summed E-state index contributed by atoms with van der Waals surface area (Å²) in [6, 6.07) is 12.6. The van der Waals surface area contributed by atoms with Crippen LogP contribution in [0.2, 0.25) is 0 Å². The van der Waals surface area contributed by atoms with Crippen LogP contribution in [0.3, 0.4) is 0 Å². The molecule has 0 unspecified atom stereocenters. The van der Waals surface area contributed by atoms with E-state index in [1.54, 1.807) is 24.3 Å². The maximum atomic E-state index is 13.3. The third-order valence-electron chi connectivity index (χ3n) is 5.14. The summed E-state index contributed by atoms with van der Waals surface area (Å²) >= 11 is 0. The van der Waals surface area contributed by atoms with Gasteiger partial charge in [-0.1, -0.05) is 5.16 Å². The van der Waals surface area contributed by atoms with Crippen molar-refractivity contribution in [3.8, 4) is 11.3 Å². The Morgan fingerprint density at radius 3 is 2.07 bits per heavy atom. The topological polar surface area (TPSA) is 58.3 Å². The van der Waals surface area contributed by atoms with Crippen molar-refractivity contribution < 1.29 is 13.3 Å². The Hall–Kier alpha value is -3.55. The number of fused-ring (bicyclic) bond motifs is 1. The van der Waals surface area contributed by atoms with E-state index in [2.05, 4.69) is 24.9 Å². The van der Waals surface area contributed by atoms with Crippen LogP contribution in [0.15, 0.2) is 59.4 Å². The summed E-state index contributed by atoms with van der Waals surface area (Å²) < 4.78 is 31.9. The van der Waals surface area contributed by atoms with Crippen molar-refractivity contribution in [3.63, 3.8) is 0 Å². The van der Waals surface area contributed by atoms with E-state index in [-0.39, 0.29) is 11.6 Å². The van der Waals surface area contributed by atoms with Crippen molar-refractivity contribution in [2.24, 2.45) is 0 Å². The number of halogens is 2. The molecule has 0 atom stereocenters. The summed E-state index contributed by atoms with van der Waals surface area (Å²) in [5, 5.41) is 4.87. The van der Waals surface area contributed by atoms with E-state index in [9.17, 15) is 8.78 Å². The molecule has 1 aliphatic rings. The molecule has 29 heavy (non-hydrogen) atoms. The second-order valence-electron chi connectivity index (χ2n) is 6.87. The normalized spacial score (nSPS) is 14.6. The predicted octanol–water partition coefficient (Wildman–Crippen LogP) is 3.89. The fraction of sp³-hybridized carbons (Fsp3) is 0.190. The Labute approximate surface area is 165 Å². The molecule has 6 nitrogen and oxygen atoms in total. The molecule has 8 heteroatoms. The molecular weight excluding hydrogens is 376 g/mol. The third kappa shape index (κ3) is 3.26. The second kappa shape index (κ2) is 7.12. The van der Waals surface area contributed by atoms with Crippen molar-refractivity contribution in [1.29, 1.82) is 0 Å². The summed E-state index contributed by atoms with van der Waals surface area (Å²) in [6.07, 6.45) is 1.46. The lowest BCUT2D eigenvalue weighted by atomic mass is 10.1. The van der Waals surface area contributed by atoms with Crippen LogP contribution in [0.1, 0.15) is 0 Å². The van der Waals surface area contributed by atoms with Gasteiger partial charge in [-0.2, -0.15) is 4.98 Å². The Kier molecular flexibility index (Phi) is 4.31. The van der Waals surface area contributed by atoms with Gasteiger partial charge in [0.05, 0.1) is 0 Å². The highest BCUT2D eigenvalue weighted by Crippen LogP contribution is 2.33. The van der Waals surface area contributed by atoms with Gasteiger partial charge in [0.1, 0.15) is 34.9 Å². The molecule has 2 aromatic carbocycles. The lowest BCUT2D eigenvalue weighted by molar-refractivity contribution is 0.451. The van der Waals surface area contributed by atoms with Crippen molar-refractivity contribution >= 4 is 22.6 Å². The number of anilines is 2. The highest BCUT2D eigenvalue weighted by Gasteiger charge is 2.24. The van der Waals surface area contributed by atoms with Crippen molar-refractivity contribution in [2.75, 3.05) is 36.0 Å². The molecule has 0 amide bonds. The summed E-state index contributed by atoms with van der Waals surface area (Å²) in [5.41, 5.74) is 2.73. The van der Waals surface area contributed by atoms with Gasteiger partial charge < -0.3 is 14.3 Å². The van der Waals surface area contributed by atoms with E-state index in [0.29, 0.717) is 16.8 Å². The lowest BCUT2D eigenvalue weighted by Gasteiger charge is -2.36. The minimum atomic E-state index is -0.310. The Morgan fingerprint density at radius 2 is 1.38 bits per heavy atom. The first-order chi connectivity index (χ1) is 14.2. The number of rotatable bonds is 3. The van der Waals surface area contributed by atoms with Gasteiger partial charge in [-0.3, -0.25) is 0 Å².